The van der Waals surface area contributed by atoms with Gasteiger partial charge in [0.2, 0.25) is 11.6 Å². The molecule has 0 radical (unpaired) electrons. The third-order valence-electron chi connectivity index (χ3n) is 4.69. The highest BCUT2D eigenvalue weighted by Crippen LogP contribution is 2.23. The lowest BCUT2D eigenvalue weighted by Crippen LogP contribution is -2.50. The summed E-state index contributed by atoms with van der Waals surface area (Å²) in [6.45, 7) is 4.72. The van der Waals surface area contributed by atoms with Crippen molar-refractivity contribution in [1.82, 2.24) is 14.9 Å². The van der Waals surface area contributed by atoms with Crippen LogP contribution in [0.25, 0.3) is 11.2 Å². The molecule has 0 saturated carbocycles. The first-order valence-electron chi connectivity index (χ1n) is 8.52. The molecule has 1 aliphatic rings. The number of anilines is 1. The van der Waals surface area contributed by atoms with Gasteiger partial charge in [0.05, 0.1) is 5.92 Å². The molecule has 3 heterocycles. The van der Waals surface area contributed by atoms with Gasteiger partial charge in [0.25, 0.3) is 6.01 Å². The highest BCUT2D eigenvalue weighted by molar-refractivity contribution is 5.83. The van der Waals surface area contributed by atoms with E-state index < -0.39 is 0 Å². The number of carbonyl (C=O) groups excluding carboxylic acids is 1. The largest absolute Gasteiger partial charge is 0.422 e. The van der Waals surface area contributed by atoms with Gasteiger partial charge in [-0.25, -0.2) is 4.98 Å². The number of amides is 1. The third-order valence-corrected chi connectivity index (χ3v) is 4.69. The van der Waals surface area contributed by atoms with Gasteiger partial charge in [-0.1, -0.05) is 30.3 Å². The molecule has 6 nitrogen and oxygen atoms in total. The molecule has 0 N–H and O–H groups in total. The highest BCUT2D eigenvalue weighted by atomic mass is 16.4. The van der Waals surface area contributed by atoms with Gasteiger partial charge in [-0.15, -0.1) is 0 Å². The van der Waals surface area contributed by atoms with Gasteiger partial charge in [-0.05, 0) is 24.6 Å². The maximum atomic E-state index is 12.7. The molecular weight excluding hydrogens is 316 g/mol. The Morgan fingerprint density at radius 1 is 1.08 bits per heavy atom. The van der Waals surface area contributed by atoms with Crippen LogP contribution in [0.5, 0.6) is 0 Å². The molecule has 1 fully saturated rings. The molecule has 1 saturated heterocycles. The second-order valence-corrected chi connectivity index (χ2v) is 6.27. The summed E-state index contributed by atoms with van der Waals surface area (Å²) < 4.78 is 5.77. The van der Waals surface area contributed by atoms with Crippen molar-refractivity contribution < 1.29 is 9.21 Å². The SMILES string of the molecule is CC(C(=O)N1CCN(c2nc3ncccc3o2)CC1)c1ccccc1. The fraction of sp³-hybridized carbons (Fsp3) is 0.316. The monoisotopic (exact) mass is 336 g/mol. The molecule has 25 heavy (non-hydrogen) atoms. The summed E-state index contributed by atoms with van der Waals surface area (Å²) in [4.78, 5) is 25.4. The van der Waals surface area contributed by atoms with Crippen molar-refractivity contribution in [1.29, 1.82) is 0 Å². The summed E-state index contributed by atoms with van der Waals surface area (Å²) in [5.41, 5.74) is 2.36. The van der Waals surface area contributed by atoms with Crippen molar-refractivity contribution in [2.45, 2.75) is 12.8 Å². The van der Waals surface area contributed by atoms with Gasteiger partial charge in [0, 0.05) is 32.4 Å². The van der Waals surface area contributed by atoms with Crippen LogP contribution < -0.4 is 4.90 Å². The predicted octanol–water partition coefficient (Wildman–Crippen LogP) is 2.68. The molecule has 0 aliphatic carbocycles. The Morgan fingerprint density at radius 3 is 2.56 bits per heavy atom. The van der Waals surface area contributed by atoms with E-state index in [-0.39, 0.29) is 11.8 Å². The molecule has 1 amide bonds. The minimum absolute atomic E-state index is 0.124. The summed E-state index contributed by atoms with van der Waals surface area (Å²) in [5, 5.41) is 0. The van der Waals surface area contributed by atoms with Crippen LogP contribution in [0.1, 0.15) is 18.4 Å². The lowest BCUT2D eigenvalue weighted by Gasteiger charge is -2.35. The Balaban J connectivity index is 1.41. The molecular formula is C19H20N4O2. The van der Waals surface area contributed by atoms with Crippen LogP contribution in [0, 0.1) is 0 Å². The standard InChI is InChI=1S/C19H20N4O2/c1-14(15-6-3-2-4-7-15)18(24)22-10-12-23(13-11-22)19-21-17-16(25-19)8-5-9-20-17/h2-9,14H,10-13H2,1H3. The smallest absolute Gasteiger partial charge is 0.300 e. The second kappa shape index (κ2) is 6.55. The number of carbonyl (C=O) groups is 1. The Morgan fingerprint density at radius 2 is 1.84 bits per heavy atom. The second-order valence-electron chi connectivity index (χ2n) is 6.27. The van der Waals surface area contributed by atoms with Crippen LogP contribution in [0.4, 0.5) is 6.01 Å². The van der Waals surface area contributed by atoms with Gasteiger partial charge in [-0.3, -0.25) is 4.79 Å². The number of fused-ring (bicyclic) bond motifs is 1. The van der Waals surface area contributed by atoms with E-state index in [9.17, 15) is 4.79 Å². The van der Waals surface area contributed by atoms with Gasteiger partial charge in [-0.2, -0.15) is 4.98 Å². The number of oxazole rings is 1. The summed E-state index contributed by atoms with van der Waals surface area (Å²) in [5.74, 6) is 0.0476. The van der Waals surface area contributed by atoms with E-state index in [0.717, 1.165) is 5.56 Å². The number of hydrogen-bond donors (Lipinski definition) is 0. The Hall–Kier alpha value is -2.89. The molecule has 128 valence electrons. The summed E-state index contributed by atoms with van der Waals surface area (Å²) >= 11 is 0. The number of aromatic nitrogens is 2. The van der Waals surface area contributed by atoms with Crippen LogP contribution in [-0.4, -0.2) is 47.0 Å². The van der Waals surface area contributed by atoms with Crippen molar-refractivity contribution >= 4 is 23.2 Å². The normalized spacial score (nSPS) is 16.2. The summed E-state index contributed by atoms with van der Waals surface area (Å²) in [6, 6.07) is 14.2. The molecule has 0 spiro atoms. The summed E-state index contributed by atoms with van der Waals surface area (Å²) in [7, 11) is 0. The molecule has 6 heteroatoms. The fourth-order valence-corrected chi connectivity index (χ4v) is 3.17. The molecule has 2 aromatic heterocycles. The number of hydrogen-bond acceptors (Lipinski definition) is 5. The van der Waals surface area contributed by atoms with Crippen molar-refractivity contribution in [2.75, 3.05) is 31.1 Å². The lowest BCUT2D eigenvalue weighted by atomic mass is 9.99. The Labute approximate surface area is 146 Å². The lowest BCUT2D eigenvalue weighted by molar-refractivity contribution is -0.132. The number of rotatable bonds is 3. The first kappa shape index (κ1) is 15.6. The van der Waals surface area contributed by atoms with E-state index in [1.807, 2.05) is 54.3 Å². The fourth-order valence-electron chi connectivity index (χ4n) is 3.17. The van der Waals surface area contributed by atoms with Crippen molar-refractivity contribution in [3.05, 3.63) is 54.2 Å². The number of piperazine rings is 1. The zero-order valence-corrected chi connectivity index (χ0v) is 14.1. The van der Waals surface area contributed by atoms with Crippen LogP contribution in [0.3, 0.4) is 0 Å². The van der Waals surface area contributed by atoms with E-state index in [1.54, 1.807) is 6.20 Å². The first-order chi connectivity index (χ1) is 12.2. The molecule has 0 bridgehead atoms. The topological polar surface area (TPSA) is 62.5 Å². The van der Waals surface area contributed by atoms with Gasteiger partial charge >= 0.3 is 0 Å². The van der Waals surface area contributed by atoms with E-state index >= 15 is 0 Å². The average molecular weight is 336 g/mol. The quantitative estimate of drug-likeness (QED) is 0.736. The first-order valence-corrected chi connectivity index (χ1v) is 8.52. The molecule has 3 aromatic rings. The number of benzene rings is 1. The van der Waals surface area contributed by atoms with Crippen LogP contribution in [0.15, 0.2) is 53.1 Å². The molecule has 4 rings (SSSR count). The van der Waals surface area contributed by atoms with Gasteiger partial charge in [0.15, 0.2) is 5.58 Å². The maximum absolute atomic E-state index is 12.7. The van der Waals surface area contributed by atoms with Gasteiger partial charge < -0.3 is 14.2 Å². The van der Waals surface area contributed by atoms with Crippen molar-refractivity contribution in [3.63, 3.8) is 0 Å². The van der Waals surface area contributed by atoms with E-state index in [4.69, 9.17) is 4.42 Å². The zero-order chi connectivity index (χ0) is 17.2. The zero-order valence-electron chi connectivity index (χ0n) is 14.1. The summed E-state index contributed by atoms with van der Waals surface area (Å²) in [6.07, 6.45) is 1.70. The average Bonchev–Trinajstić information content (AvgIpc) is 3.12. The van der Waals surface area contributed by atoms with Crippen LogP contribution in [-0.2, 0) is 4.79 Å². The van der Waals surface area contributed by atoms with Crippen LogP contribution >= 0.6 is 0 Å². The maximum Gasteiger partial charge on any atom is 0.300 e. The van der Waals surface area contributed by atoms with E-state index in [1.165, 1.54) is 0 Å². The third kappa shape index (κ3) is 3.07. The number of nitrogens with zero attached hydrogens (tertiary/aromatic N) is 4. The minimum Gasteiger partial charge on any atom is -0.422 e. The number of pyridine rings is 1. The Kier molecular flexibility index (Phi) is 4.09. The highest BCUT2D eigenvalue weighted by Gasteiger charge is 2.27. The molecule has 1 aromatic carbocycles. The molecule has 1 unspecified atom stereocenters. The van der Waals surface area contributed by atoms with Crippen LogP contribution in [0.2, 0.25) is 0 Å². The van der Waals surface area contributed by atoms with Crippen molar-refractivity contribution in [3.8, 4) is 0 Å². The minimum atomic E-state index is -0.124. The van der Waals surface area contributed by atoms with E-state index in [0.29, 0.717) is 43.4 Å². The van der Waals surface area contributed by atoms with Crippen molar-refractivity contribution in [2.24, 2.45) is 0 Å². The van der Waals surface area contributed by atoms with Gasteiger partial charge in [0.1, 0.15) is 0 Å². The molecule has 1 aliphatic heterocycles. The Bertz CT molecular complexity index is 836. The molecule has 1 atom stereocenters. The van der Waals surface area contributed by atoms with E-state index in [2.05, 4.69) is 14.9 Å². The predicted molar refractivity (Wildman–Crippen MR) is 95.5 cm³/mol.